The van der Waals surface area contributed by atoms with Crippen molar-refractivity contribution in [2.75, 3.05) is 13.1 Å². The summed E-state index contributed by atoms with van der Waals surface area (Å²) in [7, 11) is 0. The van der Waals surface area contributed by atoms with Crippen LogP contribution < -0.4 is 5.73 Å². The van der Waals surface area contributed by atoms with Gasteiger partial charge < -0.3 is 10.6 Å². The van der Waals surface area contributed by atoms with Gasteiger partial charge in [-0.15, -0.1) is 0 Å². The number of rotatable bonds is 2. The summed E-state index contributed by atoms with van der Waals surface area (Å²) in [5.41, 5.74) is 6.94. The maximum atomic E-state index is 12.3. The van der Waals surface area contributed by atoms with E-state index >= 15 is 0 Å². The lowest BCUT2D eigenvalue weighted by molar-refractivity contribution is -0.133. The highest BCUT2D eigenvalue weighted by atomic mass is 16.2. The lowest BCUT2D eigenvalue weighted by atomic mass is 9.98. The number of carbonyl (C=O) groups excluding carboxylic acids is 1. The Labute approximate surface area is 103 Å². The zero-order chi connectivity index (χ0) is 12.3. The van der Waals surface area contributed by atoms with E-state index in [1.807, 2.05) is 42.2 Å². The molecule has 0 aliphatic carbocycles. The van der Waals surface area contributed by atoms with Crippen LogP contribution in [0.4, 0.5) is 0 Å². The number of nitrogens with two attached hydrogens (primary N) is 1. The number of hydrogen-bond acceptors (Lipinski definition) is 2. The molecule has 1 aromatic rings. The van der Waals surface area contributed by atoms with Gasteiger partial charge in [-0.25, -0.2) is 0 Å². The first-order valence-corrected chi connectivity index (χ1v) is 6.28. The monoisotopic (exact) mass is 232 g/mol. The van der Waals surface area contributed by atoms with E-state index in [0.717, 1.165) is 31.5 Å². The van der Waals surface area contributed by atoms with Gasteiger partial charge in [0, 0.05) is 19.1 Å². The molecule has 1 saturated heterocycles. The van der Waals surface area contributed by atoms with Gasteiger partial charge in [-0.05, 0) is 25.3 Å². The molecule has 0 spiro atoms. The summed E-state index contributed by atoms with van der Waals surface area (Å²) in [6.45, 7) is 3.58. The fourth-order valence-electron chi connectivity index (χ4n) is 2.28. The third-order valence-electron chi connectivity index (χ3n) is 3.52. The molecule has 1 heterocycles. The third kappa shape index (κ3) is 2.86. The van der Waals surface area contributed by atoms with E-state index in [1.165, 1.54) is 0 Å². The first kappa shape index (κ1) is 12.1. The first-order chi connectivity index (χ1) is 8.18. The van der Waals surface area contributed by atoms with Crippen LogP contribution in [-0.4, -0.2) is 29.9 Å². The van der Waals surface area contributed by atoms with Crippen LogP contribution in [0.5, 0.6) is 0 Å². The lowest BCUT2D eigenvalue weighted by Crippen LogP contribution is -2.44. The second-order valence-electron chi connectivity index (χ2n) is 4.80. The smallest absolute Gasteiger partial charge is 0.229 e. The average molecular weight is 232 g/mol. The number of carbonyl (C=O) groups is 1. The first-order valence-electron chi connectivity index (χ1n) is 6.28. The molecule has 1 aliphatic rings. The van der Waals surface area contributed by atoms with Gasteiger partial charge in [-0.2, -0.15) is 0 Å². The van der Waals surface area contributed by atoms with Crippen molar-refractivity contribution in [2.24, 2.45) is 5.73 Å². The predicted octanol–water partition coefficient (Wildman–Crippen LogP) is 1.74. The van der Waals surface area contributed by atoms with E-state index in [0.29, 0.717) is 0 Å². The summed E-state index contributed by atoms with van der Waals surface area (Å²) in [6.07, 6.45) is 1.85. The summed E-state index contributed by atoms with van der Waals surface area (Å²) >= 11 is 0. The molecule has 3 nitrogen and oxygen atoms in total. The number of piperidine rings is 1. The van der Waals surface area contributed by atoms with E-state index < -0.39 is 0 Å². The van der Waals surface area contributed by atoms with Crippen LogP contribution in [0, 0.1) is 0 Å². The molecule has 1 unspecified atom stereocenters. The lowest BCUT2D eigenvalue weighted by Gasteiger charge is -2.32. The van der Waals surface area contributed by atoms with Gasteiger partial charge in [0.15, 0.2) is 0 Å². The van der Waals surface area contributed by atoms with Crippen LogP contribution in [0.25, 0.3) is 0 Å². The summed E-state index contributed by atoms with van der Waals surface area (Å²) in [4.78, 5) is 14.2. The molecule has 0 radical (unpaired) electrons. The summed E-state index contributed by atoms with van der Waals surface area (Å²) in [5.74, 6) is 0.175. The van der Waals surface area contributed by atoms with Crippen LogP contribution >= 0.6 is 0 Å². The molecule has 0 saturated carbocycles. The molecule has 1 fully saturated rings. The number of amides is 1. The van der Waals surface area contributed by atoms with Crippen LogP contribution in [0.15, 0.2) is 30.3 Å². The van der Waals surface area contributed by atoms with E-state index in [4.69, 9.17) is 5.73 Å². The molecule has 92 valence electrons. The van der Waals surface area contributed by atoms with Crippen molar-refractivity contribution in [3.63, 3.8) is 0 Å². The zero-order valence-electron chi connectivity index (χ0n) is 10.3. The SMILES string of the molecule is CC(C(=O)N1CCC(N)CC1)c1ccccc1. The molecule has 1 amide bonds. The zero-order valence-corrected chi connectivity index (χ0v) is 10.3. The Morgan fingerprint density at radius 1 is 1.29 bits per heavy atom. The summed E-state index contributed by atoms with van der Waals surface area (Å²) in [5, 5.41) is 0. The molecule has 1 aliphatic heterocycles. The highest BCUT2D eigenvalue weighted by Gasteiger charge is 2.25. The Hall–Kier alpha value is -1.35. The van der Waals surface area contributed by atoms with E-state index in [-0.39, 0.29) is 17.9 Å². The summed E-state index contributed by atoms with van der Waals surface area (Å²) < 4.78 is 0. The Morgan fingerprint density at radius 3 is 2.47 bits per heavy atom. The molecule has 3 heteroatoms. The van der Waals surface area contributed by atoms with Crippen LogP contribution in [0.2, 0.25) is 0 Å². The molecule has 2 N–H and O–H groups in total. The maximum Gasteiger partial charge on any atom is 0.229 e. The minimum atomic E-state index is -0.0504. The van der Waals surface area contributed by atoms with Crippen LogP contribution in [-0.2, 0) is 4.79 Å². The van der Waals surface area contributed by atoms with Gasteiger partial charge in [-0.1, -0.05) is 30.3 Å². The minimum absolute atomic E-state index is 0.0504. The molecule has 1 atom stereocenters. The Bertz CT molecular complexity index is 369. The summed E-state index contributed by atoms with van der Waals surface area (Å²) in [6, 6.07) is 10.2. The minimum Gasteiger partial charge on any atom is -0.342 e. The van der Waals surface area contributed by atoms with Crippen molar-refractivity contribution in [3.8, 4) is 0 Å². The second-order valence-corrected chi connectivity index (χ2v) is 4.80. The number of benzene rings is 1. The van der Waals surface area contributed by atoms with E-state index in [1.54, 1.807) is 0 Å². The van der Waals surface area contributed by atoms with Crippen molar-refractivity contribution < 1.29 is 4.79 Å². The van der Waals surface area contributed by atoms with Crippen LogP contribution in [0.1, 0.15) is 31.2 Å². The largest absolute Gasteiger partial charge is 0.342 e. The van der Waals surface area contributed by atoms with Crippen molar-refractivity contribution >= 4 is 5.91 Å². The van der Waals surface area contributed by atoms with E-state index in [9.17, 15) is 4.79 Å². The third-order valence-corrected chi connectivity index (χ3v) is 3.52. The predicted molar refractivity (Wildman–Crippen MR) is 68.6 cm³/mol. The topological polar surface area (TPSA) is 46.3 Å². The molecule has 2 rings (SSSR count). The van der Waals surface area contributed by atoms with E-state index in [2.05, 4.69) is 0 Å². The van der Waals surface area contributed by atoms with Gasteiger partial charge in [0.05, 0.1) is 5.92 Å². The average Bonchev–Trinajstić information content (AvgIpc) is 2.39. The van der Waals surface area contributed by atoms with Gasteiger partial charge >= 0.3 is 0 Å². The standard InChI is InChI=1S/C14H20N2O/c1-11(12-5-3-2-4-6-12)14(17)16-9-7-13(15)8-10-16/h2-6,11,13H,7-10,15H2,1H3. The Kier molecular flexibility index (Phi) is 3.79. The molecule has 1 aromatic carbocycles. The Balaban J connectivity index is 2.00. The fourth-order valence-corrected chi connectivity index (χ4v) is 2.28. The number of likely N-dealkylation sites (tertiary alicyclic amines) is 1. The number of hydrogen-bond donors (Lipinski definition) is 1. The number of nitrogens with zero attached hydrogens (tertiary/aromatic N) is 1. The molecule has 0 aromatic heterocycles. The maximum absolute atomic E-state index is 12.3. The van der Waals surface area contributed by atoms with Gasteiger partial charge in [0.1, 0.15) is 0 Å². The molecular formula is C14H20N2O. The van der Waals surface area contributed by atoms with Gasteiger partial charge in [0.25, 0.3) is 0 Å². The highest BCUT2D eigenvalue weighted by Crippen LogP contribution is 2.20. The normalized spacial score (nSPS) is 19.1. The van der Waals surface area contributed by atoms with Gasteiger partial charge in [-0.3, -0.25) is 4.79 Å². The van der Waals surface area contributed by atoms with Crippen molar-refractivity contribution in [1.29, 1.82) is 0 Å². The second kappa shape index (κ2) is 5.32. The van der Waals surface area contributed by atoms with Crippen molar-refractivity contribution in [3.05, 3.63) is 35.9 Å². The highest BCUT2D eigenvalue weighted by molar-refractivity contribution is 5.83. The van der Waals surface area contributed by atoms with Crippen molar-refractivity contribution in [1.82, 2.24) is 4.90 Å². The van der Waals surface area contributed by atoms with Crippen molar-refractivity contribution in [2.45, 2.75) is 31.7 Å². The van der Waals surface area contributed by atoms with Gasteiger partial charge in [0.2, 0.25) is 5.91 Å². The molecule has 17 heavy (non-hydrogen) atoms. The molecular weight excluding hydrogens is 212 g/mol. The molecule has 0 bridgehead atoms. The quantitative estimate of drug-likeness (QED) is 0.844. The van der Waals surface area contributed by atoms with Crippen LogP contribution in [0.3, 0.4) is 0 Å². The fraction of sp³-hybridized carbons (Fsp3) is 0.500. The Morgan fingerprint density at radius 2 is 1.88 bits per heavy atom.